The van der Waals surface area contributed by atoms with Gasteiger partial charge in [0, 0.05) is 10.9 Å². The summed E-state index contributed by atoms with van der Waals surface area (Å²) >= 11 is 8.69. The van der Waals surface area contributed by atoms with Gasteiger partial charge in [-0.15, -0.1) is 11.3 Å². The molecule has 0 unspecified atom stereocenters. The number of aryl methyl sites for hydroxylation is 1. The third-order valence-electron chi connectivity index (χ3n) is 3.41. The first-order valence-electron chi connectivity index (χ1n) is 7.53. The number of thiazole rings is 2. The average Bonchev–Trinajstić information content (AvgIpc) is 3.21. The molecule has 3 aromatic rings. The number of methoxy groups -OCH3 is 1. The molecule has 26 heavy (non-hydrogen) atoms. The van der Waals surface area contributed by atoms with Crippen molar-refractivity contribution in [1.82, 2.24) is 9.97 Å². The van der Waals surface area contributed by atoms with Crippen LogP contribution < -0.4 is 5.32 Å². The number of hydrogen-bond acceptors (Lipinski definition) is 7. The summed E-state index contributed by atoms with van der Waals surface area (Å²) in [5.74, 6) is -0.726. The molecule has 0 saturated heterocycles. The van der Waals surface area contributed by atoms with Crippen molar-refractivity contribution >= 4 is 51.3 Å². The maximum absolute atomic E-state index is 12.2. The van der Waals surface area contributed by atoms with Gasteiger partial charge in [0.1, 0.15) is 9.88 Å². The van der Waals surface area contributed by atoms with Gasteiger partial charge < -0.3 is 10.1 Å². The molecular weight excluding hydrogens is 394 g/mol. The summed E-state index contributed by atoms with van der Waals surface area (Å²) in [5, 5.41) is 6.25. The molecule has 0 spiro atoms. The quantitative estimate of drug-likeness (QED) is 0.641. The van der Waals surface area contributed by atoms with Gasteiger partial charge in [0.15, 0.2) is 5.13 Å². The van der Waals surface area contributed by atoms with Gasteiger partial charge >= 0.3 is 5.97 Å². The molecule has 0 atom stereocenters. The number of rotatable bonds is 5. The monoisotopic (exact) mass is 407 g/mol. The van der Waals surface area contributed by atoms with Crippen molar-refractivity contribution in [1.29, 1.82) is 0 Å². The van der Waals surface area contributed by atoms with Gasteiger partial charge in [-0.2, -0.15) is 0 Å². The van der Waals surface area contributed by atoms with Crippen LogP contribution in [0.25, 0.3) is 10.6 Å². The summed E-state index contributed by atoms with van der Waals surface area (Å²) in [6.45, 7) is 1.69. The maximum atomic E-state index is 12.2. The van der Waals surface area contributed by atoms with E-state index in [4.69, 9.17) is 11.6 Å². The summed E-state index contributed by atoms with van der Waals surface area (Å²) in [5.41, 5.74) is 2.00. The second-order valence-corrected chi connectivity index (χ2v) is 7.54. The molecule has 0 aliphatic heterocycles. The van der Waals surface area contributed by atoms with Gasteiger partial charge in [-0.05, 0) is 13.0 Å². The predicted molar refractivity (Wildman–Crippen MR) is 103 cm³/mol. The predicted octanol–water partition coefficient (Wildman–Crippen LogP) is 4.20. The van der Waals surface area contributed by atoms with Crippen LogP contribution in [0.5, 0.6) is 0 Å². The van der Waals surface area contributed by atoms with Crippen LogP contribution in [0.4, 0.5) is 5.13 Å². The van der Waals surface area contributed by atoms with Crippen molar-refractivity contribution in [3.63, 3.8) is 0 Å². The van der Waals surface area contributed by atoms with Gasteiger partial charge in [0.25, 0.3) is 0 Å². The van der Waals surface area contributed by atoms with Crippen LogP contribution in [0, 0.1) is 6.92 Å². The summed E-state index contributed by atoms with van der Waals surface area (Å²) in [7, 11) is 1.30. The van der Waals surface area contributed by atoms with E-state index in [9.17, 15) is 9.59 Å². The normalized spacial score (nSPS) is 10.6. The SMILES string of the molecule is COC(=O)c1sc(NC(=O)Cc2csc(-c3ccccc3Cl)n2)nc1C. The lowest BCUT2D eigenvalue weighted by atomic mass is 10.2. The molecule has 0 bridgehead atoms. The van der Waals surface area contributed by atoms with Crippen LogP contribution in [-0.2, 0) is 16.0 Å². The van der Waals surface area contributed by atoms with Crippen LogP contribution in [-0.4, -0.2) is 29.0 Å². The highest BCUT2D eigenvalue weighted by Crippen LogP contribution is 2.30. The first kappa shape index (κ1) is 18.5. The number of carbonyl (C=O) groups is 2. The van der Waals surface area contributed by atoms with Gasteiger partial charge in [0.05, 0.1) is 29.9 Å². The van der Waals surface area contributed by atoms with Crippen molar-refractivity contribution in [3.8, 4) is 10.6 Å². The van der Waals surface area contributed by atoms with Crippen LogP contribution >= 0.6 is 34.3 Å². The van der Waals surface area contributed by atoms with E-state index in [0.29, 0.717) is 26.4 Å². The standard InChI is InChI=1S/C17H14ClN3O3S2/c1-9-14(16(23)24-2)26-17(19-9)21-13(22)7-10-8-25-15(20-10)11-5-3-4-6-12(11)18/h3-6,8H,7H2,1-2H3,(H,19,21,22). The Labute approximate surface area is 162 Å². The topological polar surface area (TPSA) is 81.2 Å². The number of aromatic nitrogens is 2. The summed E-state index contributed by atoms with van der Waals surface area (Å²) in [4.78, 5) is 32.9. The molecule has 2 heterocycles. The number of hydrogen-bond donors (Lipinski definition) is 1. The highest BCUT2D eigenvalue weighted by atomic mass is 35.5. The number of anilines is 1. The lowest BCUT2D eigenvalue weighted by molar-refractivity contribution is -0.115. The second-order valence-electron chi connectivity index (χ2n) is 5.27. The maximum Gasteiger partial charge on any atom is 0.350 e. The Balaban J connectivity index is 1.68. The zero-order chi connectivity index (χ0) is 18.7. The molecular formula is C17H14ClN3O3S2. The van der Waals surface area contributed by atoms with Crippen molar-refractivity contribution in [3.05, 3.63) is 50.9 Å². The Morgan fingerprint density at radius 2 is 2.04 bits per heavy atom. The molecule has 3 rings (SSSR count). The number of ether oxygens (including phenoxy) is 1. The smallest absolute Gasteiger partial charge is 0.350 e. The summed E-state index contributed by atoms with van der Waals surface area (Å²) in [6.07, 6.45) is 0.104. The van der Waals surface area contributed by atoms with E-state index < -0.39 is 5.97 Å². The molecule has 0 aliphatic rings. The van der Waals surface area contributed by atoms with Crippen molar-refractivity contribution in [2.45, 2.75) is 13.3 Å². The van der Waals surface area contributed by atoms with Crippen molar-refractivity contribution in [2.75, 3.05) is 12.4 Å². The number of nitrogens with one attached hydrogen (secondary N) is 1. The molecule has 1 N–H and O–H groups in total. The summed E-state index contributed by atoms with van der Waals surface area (Å²) < 4.78 is 4.68. The lowest BCUT2D eigenvalue weighted by Crippen LogP contribution is -2.14. The van der Waals surface area contributed by atoms with Crippen LogP contribution in [0.15, 0.2) is 29.6 Å². The number of carbonyl (C=O) groups excluding carboxylic acids is 2. The van der Waals surface area contributed by atoms with E-state index in [1.165, 1.54) is 18.4 Å². The Bertz CT molecular complexity index is 968. The summed E-state index contributed by atoms with van der Waals surface area (Å²) in [6, 6.07) is 7.43. The van der Waals surface area contributed by atoms with Crippen LogP contribution in [0.2, 0.25) is 5.02 Å². The molecule has 0 radical (unpaired) electrons. The minimum absolute atomic E-state index is 0.104. The molecule has 0 saturated carbocycles. The van der Waals surface area contributed by atoms with Gasteiger partial charge in [-0.3, -0.25) is 4.79 Å². The molecule has 2 aromatic heterocycles. The van der Waals surface area contributed by atoms with E-state index in [1.807, 2.05) is 23.6 Å². The molecule has 6 nitrogen and oxygen atoms in total. The first-order valence-corrected chi connectivity index (χ1v) is 9.60. The Hall–Kier alpha value is -2.29. The van der Waals surface area contributed by atoms with Crippen molar-refractivity contribution in [2.24, 2.45) is 0 Å². The largest absolute Gasteiger partial charge is 0.465 e. The number of amides is 1. The number of esters is 1. The fourth-order valence-electron chi connectivity index (χ4n) is 2.21. The van der Waals surface area contributed by atoms with Crippen LogP contribution in [0.1, 0.15) is 21.1 Å². The third-order valence-corrected chi connectivity index (χ3v) is 5.72. The fourth-order valence-corrected chi connectivity index (χ4v) is 4.25. The fraction of sp³-hybridized carbons (Fsp3) is 0.176. The van der Waals surface area contributed by atoms with Crippen LogP contribution in [0.3, 0.4) is 0 Å². The Kier molecular flexibility index (Phi) is 5.65. The van der Waals surface area contributed by atoms with E-state index in [1.54, 1.807) is 13.0 Å². The zero-order valence-electron chi connectivity index (χ0n) is 13.9. The minimum atomic E-state index is -0.468. The van der Waals surface area contributed by atoms with E-state index in [-0.39, 0.29) is 12.3 Å². The molecule has 1 amide bonds. The molecule has 134 valence electrons. The number of benzene rings is 1. The number of halogens is 1. The van der Waals surface area contributed by atoms with E-state index >= 15 is 0 Å². The minimum Gasteiger partial charge on any atom is -0.465 e. The number of nitrogens with zero attached hydrogens (tertiary/aromatic N) is 2. The molecule has 0 aliphatic carbocycles. The Morgan fingerprint density at radius 3 is 2.77 bits per heavy atom. The van der Waals surface area contributed by atoms with Gasteiger partial charge in [-0.1, -0.05) is 41.1 Å². The zero-order valence-corrected chi connectivity index (χ0v) is 16.3. The highest BCUT2D eigenvalue weighted by molar-refractivity contribution is 7.17. The highest BCUT2D eigenvalue weighted by Gasteiger charge is 2.17. The lowest BCUT2D eigenvalue weighted by Gasteiger charge is -2.00. The molecule has 0 fully saturated rings. The van der Waals surface area contributed by atoms with Gasteiger partial charge in [-0.25, -0.2) is 14.8 Å². The average molecular weight is 408 g/mol. The Morgan fingerprint density at radius 1 is 1.27 bits per heavy atom. The second kappa shape index (κ2) is 7.94. The van der Waals surface area contributed by atoms with E-state index in [0.717, 1.165) is 21.9 Å². The first-order chi connectivity index (χ1) is 12.5. The third kappa shape index (κ3) is 4.09. The molecule has 9 heteroatoms. The van der Waals surface area contributed by atoms with E-state index in [2.05, 4.69) is 20.0 Å². The molecule has 1 aromatic carbocycles. The van der Waals surface area contributed by atoms with Crippen molar-refractivity contribution < 1.29 is 14.3 Å². The van der Waals surface area contributed by atoms with Gasteiger partial charge in [0.2, 0.25) is 5.91 Å².